The second-order valence-electron chi connectivity index (χ2n) is 8.50. The number of nitrogens with one attached hydrogen (secondary N) is 2. The zero-order chi connectivity index (χ0) is 31.0. The van der Waals surface area contributed by atoms with Crippen LogP contribution in [0.5, 0.6) is 0 Å². The molecule has 7 N–H and O–H groups in total. The lowest BCUT2D eigenvalue weighted by Crippen LogP contribution is -2.24. The predicted molar refractivity (Wildman–Crippen MR) is 158 cm³/mol. The fourth-order valence-electron chi connectivity index (χ4n) is 3.51. The molecular formula is C28H23Cl2F3N4O4S. The van der Waals surface area contributed by atoms with Gasteiger partial charge in [0.2, 0.25) is 5.78 Å². The minimum Gasteiger partial charge on any atom is -0.475 e. The van der Waals surface area contributed by atoms with Crippen LogP contribution >= 0.6 is 34.5 Å². The van der Waals surface area contributed by atoms with Gasteiger partial charge in [-0.2, -0.15) is 13.2 Å². The number of halogens is 5. The third kappa shape index (κ3) is 8.46. The molecule has 220 valence electrons. The van der Waals surface area contributed by atoms with E-state index in [0.29, 0.717) is 16.6 Å². The number of thiophene rings is 1. The van der Waals surface area contributed by atoms with E-state index in [1.54, 1.807) is 12.1 Å². The fraction of sp³-hybridized carbons (Fsp3) is 0.107. The zero-order valence-corrected chi connectivity index (χ0v) is 23.8. The monoisotopic (exact) mass is 638 g/mol. The number of rotatable bonds is 8. The van der Waals surface area contributed by atoms with Crippen molar-refractivity contribution in [2.75, 3.05) is 11.1 Å². The molecule has 0 atom stereocenters. The molecule has 0 aliphatic carbocycles. The van der Waals surface area contributed by atoms with Crippen molar-refractivity contribution in [3.05, 3.63) is 110 Å². The van der Waals surface area contributed by atoms with Gasteiger partial charge in [0.1, 0.15) is 9.88 Å². The normalized spacial score (nSPS) is 10.8. The Kier molecular flexibility index (Phi) is 10.9. The van der Waals surface area contributed by atoms with E-state index in [1.165, 1.54) is 6.07 Å². The molecule has 0 radical (unpaired) electrons. The van der Waals surface area contributed by atoms with E-state index < -0.39 is 18.1 Å². The number of nitrogens with two attached hydrogens (primary N) is 2. The summed E-state index contributed by atoms with van der Waals surface area (Å²) in [6.45, 7) is 0.683. The van der Waals surface area contributed by atoms with E-state index in [1.807, 2.05) is 54.6 Å². The summed E-state index contributed by atoms with van der Waals surface area (Å²) in [6.07, 6.45) is -5.08. The number of carbonyl (C=O) groups excluding carboxylic acids is 2. The highest BCUT2D eigenvalue weighted by atomic mass is 35.5. The van der Waals surface area contributed by atoms with E-state index in [2.05, 4.69) is 10.6 Å². The van der Waals surface area contributed by atoms with Crippen LogP contribution in [-0.4, -0.2) is 28.9 Å². The van der Waals surface area contributed by atoms with Crippen molar-refractivity contribution in [3.63, 3.8) is 0 Å². The number of alkyl halides is 3. The molecule has 0 aliphatic rings. The highest BCUT2D eigenvalue weighted by molar-refractivity contribution is 7.19. The molecule has 0 bridgehead atoms. The van der Waals surface area contributed by atoms with E-state index in [9.17, 15) is 22.8 Å². The number of benzene rings is 3. The summed E-state index contributed by atoms with van der Waals surface area (Å²) in [5, 5.41) is 14.3. The van der Waals surface area contributed by atoms with Crippen LogP contribution in [0.15, 0.2) is 72.8 Å². The largest absolute Gasteiger partial charge is 0.490 e. The standard InChI is InChI=1S/C26H22Cl2N4O2S.C2HF3O2/c27-17-9-10-19(20(28)12-17)23(33)24-22(30)21(26(35-24)32-18-7-2-1-3-8-18)25(34)31-14-16-6-4-5-15(11-16)13-29;3-2(4,5)1(6)7/h1-12,32H,13-14,29-30H2,(H,31,34);(H,6,7). The number of aliphatic carboxylic acids is 1. The molecule has 0 fully saturated rings. The minimum absolute atomic E-state index is 0.0812. The first-order valence-electron chi connectivity index (χ1n) is 11.9. The fourth-order valence-corrected chi connectivity index (χ4v) is 5.10. The molecule has 42 heavy (non-hydrogen) atoms. The number of hydrogen-bond donors (Lipinski definition) is 5. The van der Waals surface area contributed by atoms with Crippen molar-refractivity contribution in [1.82, 2.24) is 5.32 Å². The lowest BCUT2D eigenvalue weighted by atomic mass is 10.1. The second-order valence-corrected chi connectivity index (χ2v) is 10.4. The Morgan fingerprint density at radius 3 is 2.17 bits per heavy atom. The SMILES string of the molecule is NCc1cccc(CNC(=O)c2c(Nc3ccccc3)sc(C(=O)c3ccc(Cl)cc3Cl)c2N)c1.O=C(O)C(F)(F)F. The summed E-state index contributed by atoms with van der Waals surface area (Å²) in [4.78, 5) is 35.7. The van der Waals surface area contributed by atoms with Gasteiger partial charge in [0.05, 0.1) is 16.3 Å². The van der Waals surface area contributed by atoms with Gasteiger partial charge < -0.3 is 27.2 Å². The van der Waals surface area contributed by atoms with Gasteiger partial charge >= 0.3 is 12.1 Å². The van der Waals surface area contributed by atoms with E-state index >= 15 is 0 Å². The van der Waals surface area contributed by atoms with Gasteiger partial charge in [-0.15, -0.1) is 11.3 Å². The van der Waals surface area contributed by atoms with Crippen molar-refractivity contribution in [3.8, 4) is 0 Å². The molecule has 4 rings (SSSR count). The van der Waals surface area contributed by atoms with Gasteiger partial charge in [0.15, 0.2) is 0 Å². The van der Waals surface area contributed by atoms with E-state index in [0.717, 1.165) is 28.2 Å². The van der Waals surface area contributed by atoms with Crippen LogP contribution in [-0.2, 0) is 17.9 Å². The first kappa shape index (κ1) is 32.4. The van der Waals surface area contributed by atoms with E-state index in [-0.39, 0.29) is 39.0 Å². The molecule has 0 aliphatic heterocycles. The first-order valence-corrected chi connectivity index (χ1v) is 13.5. The van der Waals surface area contributed by atoms with E-state index in [4.69, 9.17) is 44.6 Å². The number of nitrogen functional groups attached to an aromatic ring is 1. The lowest BCUT2D eigenvalue weighted by Gasteiger charge is -2.10. The maximum atomic E-state index is 13.3. The number of carboxylic acids is 1. The molecule has 1 aromatic heterocycles. The molecule has 0 saturated carbocycles. The van der Waals surface area contributed by atoms with Crippen molar-refractivity contribution in [1.29, 1.82) is 0 Å². The van der Waals surface area contributed by atoms with Gasteiger partial charge in [-0.1, -0.05) is 65.7 Å². The number of carbonyl (C=O) groups is 3. The van der Waals surface area contributed by atoms with Crippen LogP contribution in [0.25, 0.3) is 0 Å². The first-order chi connectivity index (χ1) is 19.8. The third-order valence-corrected chi connectivity index (χ3v) is 7.18. The molecule has 0 spiro atoms. The number of ketones is 1. The minimum atomic E-state index is -5.08. The van der Waals surface area contributed by atoms with Crippen molar-refractivity contribution in [2.24, 2.45) is 5.73 Å². The summed E-state index contributed by atoms with van der Waals surface area (Å²) in [6, 6.07) is 21.6. The molecule has 1 heterocycles. The Morgan fingerprint density at radius 2 is 1.57 bits per heavy atom. The zero-order valence-electron chi connectivity index (χ0n) is 21.5. The maximum Gasteiger partial charge on any atom is 0.490 e. The Labute approximate surface area is 252 Å². The third-order valence-electron chi connectivity index (χ3n) is 5.51. The molecule has 0 saturated heterocycles. The van der Waals surface area contributed by atoms with Crippen molar-refractivity contribution in [2.45, 2.75) is 19.3 Å². The highest BCUT2D eigenvalue weighted by Crippen LogP contribution is 2.39. The van der Waals surface area contributed by atoms with Crippen LogP contribution in [0.1, 0.15) is 36.7 Å². The maximum absolute atomic E-state index is 13.3. The molecule has 1 amide bonds. The number of carboxylic acid groups (broad SMARTS) is 1. The number of anilines is 3. The summed E-state index contributed by atoms with van der Waals surface area (Å²) in [5.74, 6) is -3.55. The lowest BCUT2D eigenvalue weighted by molar-refractivity contribution is -0.192. The van der Waals surface area contributed by atoms with Gasteiger partial charge in [-0.3, -0.25) is 9.59 Å². The molecule has 14 heteroatoms. The quantitative estimate of drug-likeness (QED) is 0.136. The van der Waals surface area contributed by atoms with Crippen LogP contribution < -0.4 is 22.1 Å². The summed E-state index contributed by atoms with van der Waals surface area (Å²) in [5.41, 5.74) is 15.3. The van der Waals surface area contributed by atoms with Crippen LogP contribution in [0.4, 0.5) is 29.5 Å². The molecule has 3 aromatic carbocycles. The topological polar surface area (TPSA) is 148 Å². The molecule has 4 aromatic rings. The smallest absolute Gasteiger partial charge is 0.475 e. The second kappa shape index (κ2) is 14.2. The highest BCUT2D eigenvalue weighted by Gasteiger charge is 2.38. The number of hydrogen-bond acceptors (Lipinski definition) is 7. The summed E-state index contributed by atoms with van der Waals surface area (Å²) < 4.78 is 31.7. The summed E-state index contributed by atoms with van der Waals surface area (Å²) in [7, 11) is 0. The Balaban J connectivity index is 0.000000616. The Hall–Kier alpha value is -4.10. The summed E-state index contributed by atoms with van der Waals surface area (Å²) >= 11 is 13.3. The molecular weight excluding hydrogens is 616 g/mol. The average molecular weight is 639 g/mol. The Morgan fingerprint density at radius 1 is 0.929 bits per heavy atom. The van der Waals surface area contributed by atoms with Gasteiger partial charge in [0, 0.05) is 29.4 Å². The van der Waals surface area contributed by atoms with Crippen LogP contribution in [0.3, 0.4) is 0 Å². The van der Waals surface area contributed by atoms with Gasteiger partial charge in [-0.25, -0.2) is 4.79 Å². The van der Waals surface area contributed by atoms with Gasteiger partial charge in [-0.05, 0) is 41.5 Å². The molecule has 0 unspecified atom stereocenters. The predicted octanol–water partition coefficient (Wildman–Crippen LogP) is 6.63. The van der Waals surface area contributed by atoms with Crippen LogP contribution in [0, 0.1) is 0 Å². The van der Waals surface area contributed by atoms with Crippen LogP contribution in [0.2, 0.25) is 10.0 Å². The number of para-hydroxylation sites is 1. The van der Waals surface area contributed by atoms with Gasteiger partial charge in [0.25, 0.3) is 5.91 Å². The Bertz CT molecular complexity index is 1600. The average Bonchev–Trinajstić information content (AvgIpc) is 3.27. The van der Waals surface area contributed by atoms with Crippen molar-refractivity contribution < 1.29 is 32.7 Å². The molecule has 8 nitrogen and oxygen atoms in total. The van der Waals surface area contributed by atoms with Crippen molar-refractivity contribution >= 4 is 68.6 Å². The number of amides is 1.